The molecule has 0 aliphatic carbocycles. The third-order valence-electron chi connectivity index (χ3n) is 6.16. The van der Waals surface area contributed by atoms with Crippen LogP contribution in [0.4, 0.5) is 0 Å². The fraction of sp³-hybridized carbons (Fsp3) is 0.435. The SMILES string of the molecule is O=C(CN1CCCC(c2nc3ccccc3s2)C1)c1c[nH]c(C(=O)N2CCCC2)c1. The van der Waals surface area contributed by atoms with Crippen LogP contribution in [0.3, 0.4) is 0 Å². The minimum absolute atomic E-state index is 0.000391. The van der Waals surface area contributed by atoms with Gasteiger partial charge in [0.05, 0.1) is 21.8 Å². The summed E-state index contributed by atoms with van der Waals surface area (Å²) in [5, 5.41) is 1.17. The average Bonchev–Trinajstić information content (AvgIpc) is 3.54. The maximum Gasteiger partial charge on any atom is 0.270 e. The zero-order valence-electron chi connectivity index (χ0n) is 17.0. The number of carbonyl (C=O) groups excluding carboxylic acids is 2. The molecule has 0 spiro atoms. The van der Waals surface area contributed by atoms with Gasteiger partial charge in [0.1, 0.15) is 5.69 Å². The van der Waals surface area contributed by atoms with Crippen LogP contribution in [-0.2, 0) is 0 Å². The molecular formula is C23H26N4O2S. The number of rotatable bonds is 5. The van der Waals surface area contributed by atoms with Gasteiger partial charge >= 0.3 is 0 Å². The highest BCUT2D eigenvalue weighted by Crippen LogP contribution is 2.33. The van der Waals surface area contributed by atoms with Crippen molar-refractivity contribution in [3.05, 3.63) is 52.8 Å². The molecule has 0 saturated carbocycles. The Bertz CT molecular complexity index is 1030. The largest absolute Gasteiger partial charge is 0.356 e. The van der Waals surface area contributed by atoms with E-state index in [1.54, 1.807) is 23.6 Å². The predicted molar refractivity (Wildman–Crippen MR) is 118 cm³/mol. The van der Waals surface area contributed by atoms with Crippen LogP contribution in [0.1, 0.15) is 57.5 Å². The maximum absolute atomic E-state index is 12.9. The molecule has 0 radical (unpaired) electrons. The van der Waals surface area contributed by atoms with Crippen molar-refractivity contribution < 1.29 is 9.59 Å². The molecule has 2 saturated heterocycles. The van der Waals surface area contributed by atoms with E-state index in [1.807, 2.05) is 11.0 Å². The summed E-state index contributed by atoms with van der Waals surface area (Å²) in [4.78, 5) is 37.3. The molecule has 1 atom stereocenters. The van der Waals surface area contributed by atoms with Crippen molar-refractivity contribution in [2.45, 2.75) is 31.6 Å². The lowest BCUT2D eigenvalue weighted by atomic mass is 9.98. The number of Topliss-reactive ketones (excluding diaryl/α,β-unsaturated/α-hetero) is 1. The molecule has 2 fully saturated rings. The number of aromatic nitrogens is 2. The number of benzene rings is 1. The first-order chi connectivity index (χ1) is 14.7. The van der Waals surface area contributed by atoms with Gasteiger partial charge in [-0.3, -0.25) is 14.5 Å². The lowest BCUT2D eigenvalue weighted by Gasteiger charge is -2.31. The van der Waals surface area contributed by atoms with Gasteiger partial charge in [-0.1, -0.05) is 12.1 Å². The lowest BCUT2D eigenvalue weighted by Crippen LogP contribution is -2.38. The molecular weight excluding hydrogens is 396 g/mol. The molecule has 1 unspecified atom stereocenters. The Kier molecular flexibility index (Phi) is 5.39. The van der Waals surface area contributed by atoms with Gasteiger partial charge in [-0.15, -0.1) is 11.3 Å². The van der Waals surface area contributed by atoms with Crippen LogP contribution in [0.25, 0.3) is 10.2 Å². The first-order valence-electron chi connectivity index (χ1n) is 10.8. The van der Waals surface area contributed by atoms with Crippen molar-refractivity contribution in [3.63, 3.8) is 0 Å². The van der Waals surface area contributed by atoms with Crippen LogP contribution in [0.2, 0.25) is 0 Å². The molecule has 2 aromatic heterocycles. The number of aromatic amines is 1. The van der Waals surface area contributed by atoms with Gasteiger partial charge in [0.25, 0.3) is 5.91 Å². The first-order valence-corrected chi connectivity index (χ1v) is 11.6. The van der Waals surface area contributed by atoms with Gasteiger partial charge in [0, 0.05) is 37.3 Å². The Balaban J connectivity index is 1.23. The summed E-state index contributed by atoms with van der Waals surface area (Å²) in [5.74, 6) is 0.444. The number of nitrogens with zero attached hydrogens (tertiary/aromatic N) is 3. The molecule has 6 nitrogen and oxygen atoms in total. The van der Waals surface area contributed by atoms with Gasteiger partial charge in [-0.05, 0) is 50.4 Å². The number of nitrogens with one attached hydrogen (secondary N) is 1. The Labute approximate surface area is 179 Å². The van der Waals surface area contributed by atoms with Crippen LogP contribution in [0, 0.1) is 0 Å². The zero-order valence-corrected chi connectivity index (χ0v) is 17.8. The fourth-order valence-electron chi connectivity index (χ4n) is 4.53. The molecule has 1 N–H and O–H groups in total. The number of amides is 1. The normalized spacial score (nSPS) is 20.1. The van der Waals surface area contributed by atoms with Crippen LogP contribution >= 0.6 is 11.3 Å². The minimum atomic E-state index is 0.000391. The predicted octanol–water partition coefficient (Wildman–Crippen LogP) is 3.92. The maximum atomic E-state index is 12.9. The van der Waals surface area contributed by atoms with E-state index < -0.39 is 0 Å². The van der Waals surface area contributed by atoms with E-state index in [0.717, 1.165) is 57.4 Å². The summed E-state index contributed by atoms with van der Waals surface area (Å²) in [6, 6.07) is 9.98. The van der Waals surface area contributed by atoms with E-state index in [9.17, 15) is 9.59 Å². The number of fused-ring (bicyclic) bond motifs is 1. The summed E-state index contributed by atoms with van der Waals surface area (Å²) in [5.41, 5.74) is 2.18. The smallest absolute Gasteiger partial charge is 0.270 e. The molecule has 2 aliphatic heterocycles. The highest BCUT2D eigenvalue weighted by molar-refractivity contribution is 7.18. The number of carbonyl (C=O) groups is 2. The molecule has 1 amide bonds. The summed E-state index contributed by atoms with van der Waals surface area (Å²) in [7, 11) is 0. The number of thiazole rings is 1. The molecule has 1 aromatic carbocycles. The van der Waals surface area contributed by atoms with Gasteiger partial charge in [-0.2, -0.15) is 0 Å². The van der Waals surface area contributed by atoms with Crippen molar-refractivity contribution >= 4 is 33.2 Å². The van der Waals surface area contributed by atoms with Crippen molar-refractivity contribution in [3.8, 4) is 0 Å². The molecule has 0 bridgehead atoms. The first kappa shape index (κ1) is 19.5. The van der Waals surface area contributed by atoms with Crippen molar-refractivity contribution in [2.75, 3.05) is 32.7 Å². The lowest BCUT2D eigenvalue weighted by molar-refractivity contribution is 0.0787. The Morgan fingerprint density at radius 2 is 1.97 bits per heavy atom. The van der Waals surface area contributed by atoms with E-state index >= 15 is 0 Å². The number of ketones is 1. The number of likely N-dealkylation sites (tertiary alicyclic amines) is 2. The van der Waals surface area contributed by atoms with E-state index in [4.69, 9.17) is 4.98 Å². The fourth-order valence-corrected chi connectivity index (χ4v) is 5.62. The number of hydrogen-bond donors (Lipinski definition) is 1. The van der Waals surface area contributed by atoms with Crippen LogP contribution in [0.15, 0.2) is 36.5 Å². The highest BCUT2D eigenvalue weighted by Gasteiger charge is 2.26. The molecule has 3 aromatic rings. The van der Waals surface area contributed by atoms with E-state index in [1.165, 1.54) is 9.71 Å². The van der Waals surface area contributed by atoms with Crippen molar-refractivity contribution in [1.29, 1.82) is 0 Å². The summed E-state index contributed by atoms with van der Waals surface area (Å²) >= 11 is 1.77. The topological polar surface area (TPSA) is 69.3 Å². The quantitative estimate of drug-likeness (QED) is 0.633. The second-order valence-electron chi connectivity index (χ2n) is 8.32. The molecule has 156 valence electrons. The van der Waals surface area contributed by atoms with Gasteiger partial charge in [0.15, 0.2) is 5.78 Å². The number of H-pyrrole nitrogens is 1. The second kappa shape index (κ2) is 8.32. The minimum Gasteiger partial charge on any atom is -0.356 e. The third kappa shape index (κ3) is 3.91. The molecule has 2 aliphatic rings. The van der Waals surface area contributed by atoms with E-state index in [2.05, 4.69) is 28.1 Å². The van der Waals surface area contributed by atoms with Crippen molar-refractivity contribution in [2.24, 2.45) is 0 Å². The van der Waals surface area contributed by atoms with Gasteiger partial charge in [0.2, 0.25) is 0 Å². The third-order valence-corrected chi connectivity index (χ3v) is 7.36. The monoisotopic (exact) mass is 422 g/mol. The summed E-state index contributed by atoms with van der Waals surface area (Å²) < 4.78 is 1.23. The van der Waals surface area contributed by atoms with E-state index in [-0.39, 0.29) is 11.7 Å². The molecule has 4 heterocycles. The molecule has 30 heavy (non-hydrogen) atoms. The Morgan fingerprint density at radius 1 is 1.13 bits per heavy atom. The number of hydrogen-bond acceptors (Lipinski definition) is 5. The van der Waals surface area contributed by atoms with Crippen LogP contribution in [-0.4, -0.2) is 64.2 Å². The Hall–Kier alpha value is -2.51. The Morgan fingerprint density at radius 3 is 2.80 bits per heavy atom. The van der Waals surface area contributed by atoms with Gasteiger partial charge < -0.3 is 9.88 Å². The van der Waals surface area contributed by atoms with Crippen LogP contribution in [0.5, 0.6) is 0 Å². The van der Waals surface area contributed by atoms with Crippen LogP contribution < -0.4 is 0 Å². The van der Waals surface area contributed by atoms with Crippen molar-refractivity contribution in [1.82, 2.24) is 19.8 Å². The van der Waals surface area contributed by atoms with Gasteiger partial charge in [-0.25, -0.2) is 4.98 Å². The second-order valence-corrected chi connectivity index (χ2v) is 9.38. The highest BCUT2D eigenvalue weighted by atomic mass is 32.1. The number of piperidine rings is 1. The molecule has 7 heteroatoms. The van der Waals surface area contributed by atoms with E-state index in [0.29, 0.717) is 23.7 Å². The zero-order chi connectivity index (χ0) is 20.5. The summed E-state index contributed by atoms with van der Waals surface area (Å²) in [6.07, 6.45) is 5.98. The number of para-hydroxylation sites is 1. The average molecular weight is 423 g/mol. The summed E-state index contributed by atoms with van der Waals surface area (Å²) in [6.45, 7) is 3.79. The molecule has 5 rings (SSSR count). The standard InChI is InChI=1S/C23H26N4O2S/c28-20(17-12-19(24-13-17)23(29)27-10-3-4-11-27)15-26-9-5-6-16(14-26)22-25-18-7-1-2-8-21(18)30-22/h1-2,7-8,12-13,16,24H,3-6,9-11,14-15H2.